The molecule has 2 heterocycles. The molecule has 0 saturated carbocycles. The molecule has 0 radical (unpaired) electrons. The Hall–Kier alpha value is -2.52. The number of terminal acetylenes is 1. The molecule has 0 spiro atoms. The Morgan fingerprint density at radius 3 is 2.95 bits per heavy atom. The van der Waals surface area contributed by atoms with Crippen molar-refractivity contribution in [2.75, 3.05) is 12.9 Å². The molecule has 1 aromatic carbocycles. The third kappa shape index (κ3) is 2.69. The lowest BCUT2D eigenvalue weighted by Gasteiger charge is -2.09. The molecule has 3 aromatic rings. The molecule has 0 aliphatic heterocycles. The molecular weight excluding hydrogens is 284 g/mol. The van der Waals surface area contributed by atoms with Gasteiger partial charge >= 0.3 is 0 Å². The van der Waals surface area contributed by atoms with E-state index in [4.69, 9.17) is 11.2 Å². The maximum absolute atomic E-state index is 5.63. The Balaban J connectivity index is 2.09. The van der Waals surface area contributed by atoms with E-state index in [1.165, 1.54) is 0 Å². The van der Waals surface area contributed by atoms with Crippen molar-refractivity contribution in [2.24, 2.45) is 0 Å². The number of imidazole rings is 1. The van der Waals surface area contributed by atoms with Gasteiger partial charge < -0.3 is 9.72 Å². The standard InChI is InChI=1S/C15H12N4OS/c1-3-8-20-12-9-10(21-2)4-5-11(12)13-18-14-15(19-13)17-7-6-16-14/h1,4-7,9H,8H2,2H3,(H,16,17,18,19). The van der Waals surface area contributed by atoms with Gasteiger partial charge in [0.2, 0.25) is 0 Å². The average Bonchev–Trinajstić information content (AvgIpc) is 2.96. The number of nitrogens with zero attached hydrogens (tertiary/aromatic N) is 3. The zero-order valence-electron chi connectivity index (χ0n) is 11.3. The summed E-state index contributed by atoms with van der Waals surface area (Å²) >= 11 is 1.64. The number of rotatable bonds is 4. The van der Waals surface area contributed by atoms with Crippen LogP contribution in [0.15, 0.2) is 35.5 Å². The van der Waals surface area contributed by atoms with Crippen LogP contribution in [0.2, 0.25) is 0 Å². The Bertz CT molecular complexity index is 789. The van der Waals surface area contributed by atoms with Crippen molar-refractivity contribution in [3.05, 3.63) is 30.6 Å². The van der Waals surface area contributed by atoms with Crippen LogP contribution in [0.3, 0.4) is 0 Å². The number of nitrogens with one attached hydrogen (secondary N) is 1. The van der Waals surface area contributed by atoms with Crippen molar-refractivity contribution in [1.82, 2.24) is 19.9 Å². The smallest absolute Gasteiger partial charge is 0.197 e. The summed E-state index contributed by atoms with van der Waals surface area (Å²) in [7, 11) is 0. The van der Waals surface area contributed by atoms with Crippen LogP contribution >= 0.6 is 11.8 Å². The number of ether oxygens (including phenoxy) is 1. The highest BCUT2D eigenvalue weighted by molar-refractivity contribution is 7.98. The summed E-state index contributed by atoms with van der Waals surface area (Å²) in [6.07, 6.45) is 10.5. The van der Waals surface area contributed by atoms with Crippen LogP contribution < -0.4 is 4.74 Å². The maximum Gasteiger partial charge on any atom is 0.197 e. The molecule has 21 heavy (non-hydrogen) atoms. The van der Waals surface area contributed by atoms with Crippen LogP contribution in [0.5, 0.6) is 5.75 Å². The van der Waals surface area contributed by atoms with Crippen molar-refractivity contribution in [2.45, 2.75) is 4.90 Å². The summed E-state index contributed by atoms with van der Waals surface area (Å²) in [4.78, 5) is 17.0. The number of thioether (sulfide) groups is 1. The van der Waals surface area contributed by atoms with Crippen molar-refractivity contribution in [3.8, 4) is 29.5 Å². The fourth-order valence-electron chi connectivity index (χ4n) is 1.94. The van der Waals surface area contributed by atoms with Crippen molar-refractivity contribution >= 4 is 23.1 Å². The largest absolute Gasteiger partial charge is 0.480 e. The van der Waals surface area contributed by atoms with Gasteiger partial charge in [-0.15, -0.1) is 18.2 Å². The molecular formula is C15H12N4OS. The lowest BCUT2D eigenvalue weighted by molar-refractivity contribution is 0.371. The van der Waals surface area contributed by atoms with E-state index in [-0.39, 0.29) is 6.61 Å². The first-order chi connectivity index (χ1) is 10.3. The first-order valence-electron chi connectivity index (χ1n) is 6.23. The van der Waals surface area contributed by atoms with Gasteiger partial charge in [0.05, 0.1) is 5.56 Å². The van der Waals surface area contributed by atoms with Gasteiger partial charge in [0.25, 0.3) is 0 Å². The number of hydrogen-bond acceptors (Lipinski definition) is 5. The molecule has 0 aliphatic carbocycles. The van der Waals surface area contributed by atoms with Crippen molar-refractivity contribution < 1.29 is 4.74 Å². The summed E-state index contributed by atoms with van der Waals surface area (Å²) in [5.41, 5.74) is 2.05. The minimum atomic E-state index is 0.210. The zero-order valence-corrected chi connectivity index (χ0v) is 12.1. The first kappa shape index (κ1) is 13.5. The van der Waals surface area contributed by atoms with E-state index in [0.717, 1.165) is 10.5 Å². The molecule has 1 N–H and O–H groups in total. The van der Waals surface area contributed by atoms with Gasteiger partial charge in [-0.1, -0.05) is 5.92 Å². The van der Waals surface area contributed by atoms with Crippen LogP contribution in [-0.2, 0) is 0 Å². The van der Waals surface area contributed by atoms with Gasteiger partial charge in [0, 0.05) is 17.3 Å². The summed E-state index contributed by atoms with van der Waals surface area (Å²) in [5, 5.41) is 0. The van der Waals surface area contributed by atoms with Gasteiger partial charge in [-0.3, -0.25) is 0 Å². The van der Waals surface area contributed by atoms with E-state index < -0.39 is 0 Å². The first-order valence-corrected chi connectivity index (χ1v) is 7.45. The molecule has 2 aromatic heterocycles. The second-order valence-electron chi connectivity index (χ2n) is 4.17. The lowest BCUT2D eigenvalue weighted by atomic mass is 10.2. The summed E-state index contributed by atoms with van der Waals surface area (Å²) < 4.78 is 5.63. The minimum Gasteiger partial charge on any atom is -0.480 e. The van der Waals surface area contributed by atoms with E-state index in [0.29, 0.717) is 22.9 Å². The normalized spacial score (nSPS) is 10.5. The van der Waals surface area contributed by atoms with Crippen molar-refractivity contribution in [1.29, 1.82) is 0 Å². The molecule has 0 amide bonds. The monoisotopic (exact) mass is 296 g/mol. The highest BCUT2D eigenvalue weighted by Crippen LogP contribution is 2.32. The van der Waals surface area contributed by atoms with Gasteiger partial charge in [0.1, 0.15) is 18.2 Å². The lowest BCUT2D eigenvalue weighted by Crippen LogP contribution is -1.96. The molecule has 104 valence electrons. The highest BCUT2D eigenvalue weighted by atomic mass is 32.2. The van der Waals surface area contributed by atoms with E-state index >= 15 is 0 Å². The van der Waals surface area contributed by atoms with Crippen LogP contribution in [-0.4, -0.2) is 32.8 Å². The van der Waals surface area contributed by atoms with E-state index in [2.05, 4.69) is 25.9 Å². The number of aromatic amines is 1. The van der Waals surface area contributed by atoms with Gasteiger partial charge in [-0.05, 0) is 24.5 Å². The van der Waals surface area contributed by atoms with E-state index in [1.807, 2.05) is 24.5 Å². The van der Waals surface area contributed by atoms with Crippen LogP contribution in [0, 0.1) is 12.3 Å². The Morgan fingerprint density at radius 1 is 1.33 bits per heavy atom. The third-order valence-corrected chi connectivity index (χ3v) is 3.61. The van der Waals surface area contributed by atoms with Crippen molar-refractivity contribution in [3.63, 3.8) is 0 Å². The Labute approximate surface area is 126 Å². The fourth-order valence-corrected chi connectivity index (χ4v) is 2.37. The summed E-state index contributed by atoms with van der Waals surface area (Å²) in [5.74, 6) is 3.83. The van der Waals surface area contributed by atoms with Crippen LogP contribution in [0.1, 0.15) is 0 Å². The Morgan fingerprint density at radius 2 is 2.19 bits per heavy atom. The molecule has 5 nitrogen and oxygen atoms in total. The maximum atomic E-state index is 5.63. The number of fused-ring (bicyclic) bond motifs is 1. The topological polar surface area (TPSA) is 63.7 Å². The van der Waals surface area contributed by atoms with Crippen LogP contribution in [0.4, 0.5) is 0 Å². The molecule has 6 heteroatoms. The molecule has 0 aliphatic rings. The predicted molar refractivity (Wildman–Crippen MR) is 83.2 cm³/mol. The Kier molecular flexibility index (Phi) is 3.75. The second kappa shape index (κ2) is 5.85. The van der Waals surface area contributed by atoms with Gasteiger partial charge in [0.15, 0.2) is 11.3 Å². The molecule has 0 fully saturated rings. The molecule has 0 bridgehead atoms. The molecule has 3 rings (SSSR count). The number of hydrogen-bond donors (Lipinski definition) is 1. The van der Waals surface area contributed by atoms with Gasteiger partial charge in [-0.2, -0.15) is 0 Å². The van der Waals surface area contributed by atoms with Gasteiger partial charge in [-0.25, -0.2) is 15.0 Å². The quantitative estimate of drug-likeness (QED) is 0.592. The molecule has 0 saturated heterocycles. The number of benzene rings is 1. The van der Waals surface area contributed by atoms with Crippen LogP contribution in [0.25, 0.3) is 22.7 Å². The zero-order chi connectivity index (χ0) is 14.7. The highest BCUT2D eigenvalue weighted by Gasteiger charge is 2.12. The summed E-state index contributed by atoms with van der Waals surface area (Å²) in [6, 6.07) is 5.91. The number of H-pyrrole nitrogens is 1. The predicted octanol–water partition coefficient (Wildman–Crippen LogP) is 2.75. The second-order valence-corrected chi connectivity index (χ2v) is 5.05. The van der Waals surface area contributed by atoms with E-state index in [9.17, 15) is 0 Å². The number of aromatic nitrogens is 4. The van der Waals surface area contributed by atoms with E-state index in [1.54, 1.807) is 24.2 Å². The minimum absolute atomic E-state index is 0.210. The summed E-state index contributed by atoms with van der Waals surface area (Å²) in [6.45, 7) is 0.210. The molecule has 0 atom stereocenters. The fraction of sp³-hybridized carbons (Fsp3) is 0.133. The molecule has 0 unspecified atom stereocenters. The SMILES string of the molecule is C#CCOc1cc(SC)ccc1-c1nc2nccnc2[nH]1. The average molecular weight is 296 g/mol. The third-order valence-electron chi connectivity index (χ3n) is 2.89.